The Morgan fingerprint density at radius 2 is 2.05 bits per heavy atom. The summed E-state index contributed by atoms with van der Waals surface area (Å²) in [6.45, 7) is 3.76. The topological polar surface area (TPSA) is 42.7 Å². The third-order valence-electron chi connectivity index (χ3n) is 3.53. The summed E-state index contributed by atoms with van der Waals surface area (Å²) < 4.78 is 11.0. The fraction of sp³-hybridized carbons (Fsp3) is 0.312. The Hall–Kier alpha value is -2.07. The van der Waals surface area contributed by atoms with E-state index in [1.165, 1.54) is 11.8 Å². The van der Waals surface area contributed by atoms with Gasteiger partial charge in [0.2, 0.25) is 0 Å². The van der Waals surface area contributed by atoms with Crippen LogP contribution in [0.4, 0.5) is 0 Å². The molecule has 0 spiro atoms. The summed E-state index contributed by atoms with van der Waals surface area (Å²) >= 11 is 0. The summed E-state index contributed by atoms with van der Waals surface area (Å²) in [5.74, 6) is 0.310. The summed E-state index contributed by atoms with van der Waals surface area (Å²) in [5, 5.41) is 0. The van der Waals surface area contributed by atoms with Crippen LogP contribution in [0.25, 0.3) is 0 Å². The predicted octanol–water partition coefficient (Wildman–Crippen LogP) is 2.80. The van der Waals surface area contributed by atoms with Gasteiger partial charge in [-0.25, -0.2) is 0 Å². The van der Waals surface area contributed by atoms with Crippen molar-refractivity contribution in [1.29, 1.82) is 0 Å². The van der Waals surface area contributed by atoms with Gasteiger partial charge in [-0.3, -0.25) is 4.79 Å². The maximum Gasteiger partial charge on any atom is 0.289 e. The number of carbonyl (C=O) groups excluding carboxylic acids is 1. The highest BCUT2D eigenvalue weighted by molar-refractivity contribution is 5.91. The van der Waals surface area contributed by atoms with Crippen molar-refractivity contribution >= 4 is 5.91 Å². The SMILES string of the molecule is Cc1ccc([C@H]2CN(C(=O)c3ccco3)CCO2)cc1. The molecule has 104 valence electrons. The second kappa shape index (κ2) is 5.51. The summed E-state index contributed by atoms with van der Waals surface area (Å²) in [4.78, 5) is 14.1. The van der Waals surface area contributed by atoms with Crippen molar-refractivity contribution in [2.24, 2.45) is 0 Å². The van der Waals surface area contributed by atoms with E-state index in [9.17, 15) is 4.79 Å². The van der Waals surface area contributed by atoms with E-state index < -0.39 is 0 Å². The standard InChI is InChI=1S/C16H17NO3/c1-12-4-6-13(7-5-12)15-11-17(8-10-20-15)16(18)14-3-2-9-19-14/h2-7,9,15H,8,10-11H2,1H3/t15-/m1/s1. The van der Waals surface area contributed by atoms with Crippen molar-refractivity contribution in [2.75, 3.05) is 19.7 Å². The van der Waals surface area contributed by atoms with Gasteiger partial charge in [0.05, 0.1) is 19.4 Å². The zero-order chi connectivity index (χ0) is 13.9. The van der Waals surface area contributed by atoms with Crippen molar-refractivity contribution < 1.29 is 13.9 Å². The lowest BCUT2D eigenvalue weighted by Gasteiger charge is -2.32. The van der Waals surface area contributed by atoms with E-state index >= 15 is 0 Å². The molecule has 0 radical (unpaired) electrons. The number of amides is 1. The van der Waals surface area contributed by atoms with E-state index in [2.05, 4.69) is 31.2 Å². The van der Waals surface area contributed by atoms with Gasteiger partial charge in [0, 0.05) is 6.54 Å². The molecule has 1 aromatic carbocycles. The number of hydrogen-bond donors (Lipinski definition) is 0. The lowest BCUT2D eigenvalue weighted by molar-refractivity contribution is -0.0237. The first-order valence-electron chi connectivity index (χ1n) is 6.75. The molecule has 1 saturated heterocycles. The molecule has 0 bridgehead atoms. The second-order valence-electron chi connectivity index (χ2n) is 5.00. The molecule has 2 heterocycles. The van der Waals surface area contributed by atoms with E-state index in [1.54, 1.807) is 17.0 Å². The molecule has 4 nitrogen and oxygen atoms in total. The monoisotopic (exact) mass is 271 g/mol. The molecule has 1 amide bonds. The number of hydrogen-bond acceptors (Lipinski definition) is 3. The van der Waals surface area contributed by atoms with Crippen LogP contribution in [0, 0.1) is 6.92 Å². The van der Waals surface area contributed by atoms with E-state index in [0.717, 1.165) is 5.56 Å². The van der Waals surface area contributed by atoms with E-state index in [0.29, 0.717) is 25.5 Å². The third-order valence-corrected chi connectivity index (χ3v) is 3.53. The average molecular weight is 271 g/mol. The second-order valence-corrected chi connectivity index (χ2v) is 5.00. The Labute approximate surface area is 118 Å². The summed E-state index contributed by atoms with van der Waals surface area (Å²) in [6.07, 6.45) is 1.45. The molecular weight excluding hydrogens is 254 g/mol. The minimum atomic E-state index is -0.0737. The van der Waals surface area contributed by atoms with Gasteiger partial charge in [-0.2, -0.15) is 0 Å². The fourth-order valence-corrected chi connectivity index (χ4v) is 2.37. The fourth-order valence-electron chi connectivity index (χ4n) is 2.37. The highest BCUT2D eigenvalue weighted by Crippen LogP contribution is 2.23. The number of benzene rings is 1. The van der Waals surface area contributed by atoms with Gasteiger partial charge >= 0.3 is 0 Å². The van der Waals surface area contributed by atoms with Gasteiger partial charge < -0.3 is 14.1 Å². The Kier molecular flexibility index (Phi) is 3.56. The first-order valence-corrected chi connectivity index (χ1v) is 6.75. The Morgan fingerprint density at radius 1 is 1.25 bits per heavy atom. The number of morpholine rings is 1. The first-order chi connectivity index (χ1) is 9.74. The normalized spacial score (nSPS) is 19.1. The number of ether oxygens (including phenoxy) is 1. The first kappa shape index (κ1) is 12.9. The van der Waals surface area contributed by atoms with Crippen molar-refractivity contribution in [3.05, 3.63) is 59.5 Å². The smallest absolute Gasteiger partial charge is 0.289 e. The summed E-state index contributed by atoms with van der Waals surface area (Å²) in [7, 11) is 0. The highest BCUT2D eigenvalue weighted by atomic mass is 16.5. The van der Waals surface area contributed by atoms with Crippen LogP contribution < -0.4 is 0 Å². The van der Waals surface area contributed by atoms with Crippen LogP contribution in [0.15, 0.2) is 47.1 Å². The predicted molar refractivity (Wildman–Crippen MR) is 74.5 cm³/mol. The zero-order valence-electron chi connectivity index (χ0n) is 11.4. The van der Waals surface area contributed by atoms with E-state index in [-0.39, 0.29) is 12.0 Å². The minimum absolute atomic E-state index is 0.0664. The molecule has 0 aliphatic carbocycles. The number of carbonyl (C=O) groups is 1. The van der Waals surface area contributed by atoms with Crippen LogP contribution in [0.5, 0.6) is 0 Å². The minimum Gasteiger partial charge on any atom is -0.459 e. The van der Waals surface area contributed by atoms with Crippen molar-refractivity contribution in [1.82, 2.24) is 4.90 Å². The average Bonchev–Trinajstić information content (AvgIpc) is 3.01. The number of rotatable bonds is 2. The van der Waals surface area contributed by atoms with Gasteiger partial charge in [-0.05, 0) is 24.6 Å². The Balaban J connectivity index is 1.73. The third kappa shape index (κ3) is 2.60. The van der Waals surface area contributed by atoms with Crippen LogP contribution in [-0.2, 0) is 4.74 Å². The van der Waals surface area contributed by atoms with Gasteiger partial charge in [0.1, 0.15) is 6.10 Å². The quantitative estimate of drug-likeness (QED) is 0.843. The molecule has 4 heteroatoms. The molecule has 1 aliphatic heterocycles. The molecule has 1 atom stereocenters. The van der Waals surface area contributed by atoms with Gasteiger partial charge in [-0.15, -0.1) is 0 Å². The summed E-state index contributed by atoms with van der Waals surface area (Å²) in [6, 6.07) is 11.7. The molecule has 20 heavy (non-hydrogen) atoms. The molecule has 1 aliphatic rings. The molecule has 1 aromatic heterocycles. The van der Waals surface area contributed by atoms with Crippen LogP contribution in [0.3, 0.4) is 0 Å². The van der Waals surface area contributed by atoms with Crippen LogP contribution in [0.2, 0.25) is 0 Å². The molecule has 0 unspecified atom stereocenters. The van der Waals surface area contributed by atoms with Crippen LogP contribution in [0.1, 0.15) is 27.8 Å². The maximum absolute atomic E-state index is 12.3. The largest absolute Gasteiger partial charge is 0.459 e. The number of aryl methyl sites for hydroxylation is 1. The van der Waals surface area contributed by atoms with Gasteiger partial charge in [-0.1, -0.05) is 29.8 Å². The van der Waals surface area contributed by atoms with E-state index in [1.807, 2.05) is 0 Å². The van der Waals surface area contributed by atoms with Gasteiger partial charge in [0.25, 0.3) is 5.91 Å². The van der Waals surface area contributed by atoms with Crippen molar-refractivity contribution in [2.45, 2.75) is 13.0 Å². The molecule has 2 aromatic rings. The molecule has 1 fully saturated rings. The lowest BCUT2D eigenvalue weighted by Crippen LogP contribution is -2.42. The Morgan fingerprint density at radius 3 is 2.75 bits per heavy atom. The van der Waals surface area contributed by atoms with Gasteiger partial charge in [0.15, 0.2) is 5.76 Å². The van der Waals surface area contributed by atoms with E-state index in [4.69, 9.17) is 9.15 Å². The van der Waals surface area contributed by atoms with Crippen molar-refractivity contribution in [3.8, 4) is 0 Å². The van der Waals surface area contributed by atoms with Crippen LogP contribution >= 0.6 is 0 Å². The lowest BCUT2D eigenvalue weighted by atomic mass is 10.1. The molecule has 0 N–H and O–H groups in total. The maximum atomic E-state index is 12.3. The number of furan rings is 1. The zero-order valence-corrected chi connectivity index (χ0v) is 11.4. The van der Waals surface area contributed by atoms with Crippen molar-refractivity contribution in [3.63, 3.8) is 0 Å². The molecule has 0 saturated carbocycles. The highest BCUT2D eigenvalue weighted by Gasteiger charge is 2.27. The summed E-state index contributed by atoms with van der Waals surface area (Å²) in [5.41, 5.74) is 2.32. The van der Waals surface area contributed by atoms with Crippen LogP contribution in [-0.4, -0.2) is 30.5 Å². The Bertz CT molecular complexity index is 574. The number of nitrogens with zero attached hydrogens (tertiary/aromatic N) is 1. The molecule has 3 rings (SSSR count). The molecular formula is C16H17NO3.